The maximum absolute atomic E-state index is 12.2. The molecule has 5 heteroatoms. The predicted octanol–water partition coefficient (Wildman–Crippen LogP) is 1.66. The number of fused-ring (bicyclic) bond motifs is 1. The fourth-order valence-corrected chi connectivity index (χ4v) is 2.59. The number of ether oxygens (including phenoxy) is 1. The Balaban J connectivity index is 1.77. The molecule has 1 atom stereocenters. The average Bonchev–Trinajstić information content (AvgIpc) is 2.91. The van der Waals surface area contributed by atoms with Crippen LogP contribution in [0.3, 0.4) is 0 Å². The summed E-state index contributed by atoms with van der Waals surface area (Å²) in [5, 5.41) is 7.36. The molecule has 1 aromatic carbocycles. The van der Waals surface area contributed by atoms with E-state index in [1.54, 1.807) is 7.11 Å². The number of amides is 1. The van der Waals surface area contributed by atoms with E-state index in [-0.39, 0.29) is 11.9 Å². The summed E-state index contributed by atoms with van der Waals surface area (Å²) in [4.78, 5) is 15.4. The lowest BCUT2D eigenvalue weighted by Crippen LogP contribution is -2.45. The van der Waals surface area contributed by atoms with Crippen molar-refractivity contribution in [1.82, 2.24) is 15.6 Å². The smallest absolute Gasteiger partial charge is 0.267 e. The number of hydrogen-bond acceptors (Lipinski definition) is 3. The van der Waals surface area contributed by atoms with E-state index >= 15 is 0 Å². The van der Waals surface area contributed by atoms with Crippen molar-refractivity contribution in [1.29, 1.82) is 0 Å². The molecule has 0 bridgehead atoms. The molecule has 1 fully saturated rings. The van der Waals surface area contributed by atoms with Gasteiger partial charge >= 0.3 is 0 Å². The molecular formula is C15H19N3O2. The number of piperidine rings is 1. The highest BCUT2D eigenvalue weighted by Gasteiger charge is 2.17. The molecule has 2 heterocycles. The molecule has 1 amide bonds. The molecule has 0 spiro atoms. The highest BCUT2D eigenvalue weighted by Crippen LogP contribution is 2.21. The number of carbonyl (C=O) groups is 1. The summed E-state index contributed by atoms with van der Waals surface area (Å²) in [6, 6.07) is 7.83. The maximum atomic E-state index is 12.2. The Morgan fingerprint density at radius 3 is 3.05 bits per heavy atom. The van der Waals surface area contributed by atoms with Crippen LogP contribution in [0.15, 0.2) is 24.3 Å². The third-order valence-corrected chi connectivity index (χ3v) is 3.71. The first-order valence-electron chi connectivity index (χ1n) is 6.94. The number of nitrogens with one attached hydrogen (secondary N) is 3. The lowest BCUT2D eigenvalue weighted by molar-refractivity contribution is 0.0926. The van der Waals surface area contributed by atoms with Crippen molar-refractivity contribution in [3.8, 4) is 5.75 Å². The Bertz CT molecular complexity index is 615. The zero-order chi connectivity index (χ0) is 13.9. The Kier molecular flexibility index (Phi) is 3.60. The SMILES string of the molecule is COc1ccc2cc(C(=O)NC3CCCNC3)[nH]c2c1. The zero-order valence-corrected chi connectivity index (χ0v) is 11.5. The molecule has 1 aliphatic heterocycles. The van der Waals surface area contributed by atoms with Crippen LogP contribution in [0.4, 0.5) is 0 Å². The minimum atomic E-state index is -0.0473. The van der Waals surface area contributed by atoms with E-state index in [1.165, 1.54) is 0 Å². The van der Waals surface area contributed by atoms with Crippen LogP contribution >= 0.6 is 0 Å². The summed E-state index contributed by atoms with van der Waals surface area (Å²) < 4.78 is 5.18. The number of methoxy groups -OCH3 is 1. The second kappa shape index (κ2) is 5.54. The van der Waals surface area contributed by atoms with Crippen LogP contribution in [0.2, 0.25) is 0 Å². The molecule has 3 rings (SSSR count). The molecule has 3 N–H and O–H groups in total. The molecule has 1 saturated heterocycles. The minimum absolute atomic E-state index is 0.0473. The molecule has 1 aromatic heterocycles. The third-order valence-electron chi connectivity index (χ3n) is 3.71. The van der Waals surface area contributed by atoms with Gasteiger partial charge < -0.3 is 20.4 Å². The Hall–Kier alpha value is -2.01. The normalized spacial score (nSPS) is 18.9. The lowest BCUT2D eigenvalue weighted by atomic mass is 10.1. The summed E-state index contributed by atoms with van der Waals surface area (Å²) >= 11 is 0. The van der Waals surface area contributed by atoms with Gasteiger partial charge in [-0.25, -0.2) is 0 Å². The van der Waals surface area contributed by atoms with Gasteiger partial charge in [-0.1, -0.05) is 0 Å². The van der Waals surface area contributed by atoms with Gasteiger partial charge in [-0.3, -0.25) is 4.79 Å². The summed E-state index contributed by atoms with van der Waals surface area (Å²) in [5.74, 6) is 0.733. The van der Waals surface area contributed by atoms with E-state index in [4.69, 9.17) is 4.74 Å². The Morgan fingerprint density at radius 1 is 1.40 bits per heavy atom. The van der Waals surface area contributed by atoms with Crippen LogP contribution in [-0.4, -0.2) is 37.1 Å². The van der Waals surface area contributed by atoms with Crippen LogP contribution in [0.5, 0.6) is 5.75 Å². The van der Waals surface area contributed by atoms with Gasteiger partial charge in [-0.05, 0) is 37.6 Å². The molecule has 106 valence electrons. The first kappa shape index (κ1) is 13.0. The van der Waals surface area contributed by atoms with E-state index in [0.717, 1.165) is 42.6 Å². The van der Waals surface area contributed by atoms with Crippen LogP contribution in [-0.2, 0) is 0 Å². The maximum Gasteiger partial charge on any atom is 0.267 e. The third kappa shape index (κ3) is 2.63. The fourth-order valence-electron chi connectivity index (χ4n) is 2.59. The topological polar surface area (TPSA) is 66.2 Å². The van der Waals surface area contributed by atoms with E-state index in [9.17, 15) is 4.79 Å². The second-order valence-corrected chi connectivity index (χ2v) is 5.15. The molecular weight excluding hydrogens is 254 g/mol. The zero-order valence-electron chi connectivity index (χ0n) is 11.5. The predicted molar refractivity (Wildman–Crippen MR) is 78.2 cm³/mol. The van der Waals surface area contributed by atoms with Gasteiger partial charge in [0.15, 0.2) is 0 Å². The van der Waals surface area contributed by atoms with Crippen molar-refractivity contribution in [2.24, 2.45) is 0 Å². The van der Waals surface area contributed by atoms with Crippen molar-refractivity contribution in [2.45, 2.75) is 18.9 Å². The molecule has 0 saturated carbocycles. The fraction of sp³-hybridized carbons (Fsp3) is 0.400. The standard InChI is InChI=1S/C15H19N3O2/c1-20-12-5-4-10-7-14(18-13(10)8-12)15(19)17-11-3-2-6-16-9-11/h4-5,7-8,11,16,18H,2-3,6,9H2,1H3,(H,17,19). The number of carbonyl (C=O) groups excluding carboxylic acids is 1. The Labute approximate surface area is 117 Å². The van der Waals surface area contributed by atoms with Gasteiger partial charge in [0.05, 0.1) is 7.11 Å². The van der Waals surface area contributed by atoms with Gasteiger partial charge in [0.1, 0.15) is 11.4 Å². The lowest BCUT2D eigenvalue weighted by Gasteiger charge is -2.23. The Morgan fingerprint density at radius 2 is 2.30 bits per heavy atom. The van der Waals surface area contributed by atoms with E-state index < -0.39 is 0 Å². The minimum Gasteiger partial charge on any atom is -0.497 e. The monoisotopic (exact) mass is 273 g/mol. The number of hydrogen-bond donors (Lipinski definition) is 3. The molecule has 0 radical (unpaired) electrons. The van der Waals surface area contributed by atoms with E-state index in [1.807, 2.05) is 24.3 Å². The molecule has 2 aromatic rings. The van der Waals surface area contributed by atoms with Gasteiger partial charge in [0.2, 0.25) is 0 Å². The number of rotatable bonds is 3. The van der Waals surface area contributed by atoms with Crippen molar-refractivity contribution < 1.29 is 9.53 Å². The number of benzene rings is 1. The molecule has 0 aliphatic carbocycles. The molecule has 1 aliphatic rings. The highest BCUT2D eigenvalue weighted by atomic mass is 16.5. The van der Waals surface area contributed by atoms with Gasteiger partial charge in [0, 0.05) is 29.6 Å². The average molecular weight is 273 g/mol. The van der Waals surface area contributed by atoms with Crippen molar-refractivity contribution in [2.75, 3.05) is 20.2 Å². The number of H-pyrrole nitrogens is 1. The van der Waals surface area contributed by atoms with Gasteiger partial charge in [-0.15, -0.1) is 0 Å². The van der Waals surface area contributed by atoms with Crippen molar-refractivity contribution >= 4 is 16.8 Å². The van der Waals surface area contributed by atoms with Crippen molar-refractivity contribution in [3.05, 3.63) is 30.0 Å². The van der Waals surface area contributed by atoms with Crippen LogP contribution < -0.4 is 15.4 Å². The molecule has 5 nitrogen and oxygen atoms in total. The highest BCUT2D eigenvalue weighted by molar-refractivity contribution is 5.98. The quantitative estimate of drug-likeness (QED) is 0.797. The van der Waals surface area contributed by atoms with E-state index in [2.05, 4.69) is 15.6 Å². The summed E-state index contributed by atoms with van der Waals surface area (Å²) in [6.45, 7) is 1.89. The van der Waals surface area contributed by atoms with Crippen molar-refractivity contribution in [3.63, 3.8) is 0 Å². The van der Waals surface area contributed by atoms with Crippen LogP contribution in [0, 0.1) is 0 Å². The number of aromatic amines is 1. The summed E-state index contributed by atoms with van der Waals surface area (Å²) in [5.41, 5.74) is 1.51. The summed E-state index contributed by atoms with van der Waals surface area (Å²) in [6.07, 6.45) is 2.14. The van der Waals surface area contributed by atoms with Gasteiger partial charge in [0.25, 0.3) is 5.91 Å². The second-order valence-electron chi connectivity index (χ2n) is 5.15. The van der Waals surface area contributed by atoms with Gasteiger partial charge in [-0.2, -0.15) is 0 Å². The number of aromatic nitrogens is 1. The van der Waals surface area contributed by atoms with E-state index in [0.29, 0.717) is 5.69 Å². The molecule has 1 unspecified atom stereocenters. The van der Waals surface area contributed by atoms with Crippen LogP contribution in [0.1, 0.15) is 23.3 Å². The summed E-state index contributed by atoms with van der Waals surface area (Å²) in [7, 11) is 1.63. The first-order chi connectivity index (χ1) is 9.76. The first-order valence-corrected chi connectivity index (χ1v) is 6.94. The van der Waals surface area contributed by atoms with Crippen LogP contribution in [0.25, 0.3) is 10.9 Å². The molecule has 20 heavy (non-hydrogen) atoms. The largest absolute Gasteiger partial charge is 0.497 e.